The van der Waals surface area contributed by atoms with E-state index in [9.17, 15) is 8.78 Å². The van der Waals surface area contributed by atoms with E-state index in [2.05, 4.69) is 5.32 Å². The van der Waals surface area contributed by atoms with Gasteiger partial charge in [0.2, 0.25) is 0 Å². The molecule has 106 valence electrons. The van der Waals surface area contributed by atoms with Crippen LogP contribution in [0.15, 0.2) is 18.2 Å². The quantitative estimate of drug-likeness (QED) is 0.823. The first-order valence-electron chi connectivity index (χ1n) is 7.33. The van der Waals surface area contributed by atoms with E-state index in [-0.39, 0.29) is 6.04 Å². The minimum absolute atomic E-state index is 0.122. The Balaban J connectivity index is 1.93. The molecule has 0 amide bonds. The first kappa shape index (κ1) is 14.4. The predicted octanol–water partition coefficient (Wildman–Crippen LogP) is 4.59. The number of hydrogen-bond acceptors (Lipinski definition) is 1. The van der Waals surface area contributed by atoms with Crippen molar-refractivity contribution in [3.05, 3.63) is 35.4 Å². The highest BCUT2D eigenvalue weighted by Crippen LogP contribution is 2.30. The van der Waals surface area contributed by atoms with E-state index in [0.717, 1.165) is 17.9 Å². The lowest BCUT2D eigenvalue weighted by atomic mass is 9.84. The molecule has 0 bridgehead atoms. The largest absolute Gasteiger partial charge is 0.313 e. The second kappa shape index (κ2) is 6.99. The standard InChI is InChI=1S/C16H23F2N/c1-19-16(10-7-12-5-3-2-4-6-12)13-8-9-14(17)15(18)11-13/h8-9,11-12,16,19H,2-7,10H2,1H3. The second-order valence-corrected chi connectivity index (χ2v) is 5.60. The molecule has 1 nitrogen and oxygen atoms in total. The molecule has 0 saturated heterocycles. The van der Waals surface area contributed by atoms with Gasteiger partial charge in [-0.2, -0.15) is 0 Å². The third-order valence-corrected chi connectivity index (χ3v) is 4.28. The Morgan fingerprint density at radius 1 is 1.16 bits per heavy atom. The van der Waals surface area contributed by atoms with Gasteiger partial charge in [-0.1, -0.05) is 38.2 Å². The van der Waals surface area contributed by atoms with E-state index in [1.807, 2.05) is 7.05 Å². The number of hydrogen-bond donors (Lipinski definition) is 1. The van der Waals surface area contributed by atoms with Gasteiger partial charge in [-0.3, -0.25) is 0 Å². The fraction of sp³-hybridized carbons (Fsp3) is 0.625. The minimum Gasteiger partial charge on any atom is -0.313 e. The number of benzene rings is 1. The predicted molar refractivity (Wildman–Crippen MR) is 74.0 cm³/mol. The van der Waals surface area contributed by atoms with Crippen LogP contribution in [0.25, 0.3) is 0 Å². The molecule has 1 aromatic rings. The van der Waals surface area contributed by atoms with Gasteiger partial charge in [-0.05, 0) is 43.5 Å². The summed E-state index contributed by atoms with van der Waals surface area (Å²) in [6.45, 7) is 0. The molecule has 0 spiro atoms. The Kier molecular flexibility index (Phi) is 5.32. The van der Waals surface area contributed by atoms with Crippen molar-refractivity contribution >= 4 is 0 Å². The minimum atomic E-state index is -0.772. The summed E-state index contributed by atoms with van der Waals surface area (Å²) in [5.41, 5.74) is 0.845. The van der Waals surface area contributed by atoms with Crippen LogP contribution in [0.3, 0.4) is 0 Å². The van der Waals surface area contributed by atoms with Crippen LogP contribution in [-0.2, 0) is 0 Å². The zero-order valence-corrected chi connectivity index (χ0v) is 11.6. The smallest absolute Gasteiger partial charge is 0.159 e. The average molecular weight is 267 g/mol. The Morgan fingerprint density at radius 3 is 2.53 bits per heavy atom. The highest BCUT2D eigenvalue weighted by Gasteiger charge is 2.17. The molecule has 0 aliphatic heterocycles. The van der Waals surface area contributed by atoms with Gasteiger partial charge in [-0.25, -0.2) is 8.78 Å². The zero-order chi connectivity index (χ0) is 13.7. The van der Waals surface area contributed by atoms with Crippen LogP contribution >= 0.6 is 0 Å². The van der Waals surface area contributed by atoms with Gasteiger partial charge in [0.05, 0.1) is 0 Å². The summed E-state index contributed by atoms with van der Waals surface area (Å²) in [5, 5.41) is 3.22. The van der Waals surface area contributed by atoms with Crippen LogP contribution in [0.2, 0.25) is 0 Å². The zero-order valence-electron chi connectivity index (χ0n) is 11.6. The average Bonchev–Trinajstić information content (AvgIpc) is 2.44. The molecule has 2 rings (SSSR count). The normalized spacial score (nSPS) is 18.5. The molecule has 1 atom stereocenters. The van der Waals surface area contributed by atoms with Crippen molar-refractivity contribution in [3.63, 3.8) is 0 Å². The summed E-state index contributed by atoms with van der Waals surface area (Å²) in [4.78, 5) is 0. The van der Waals surface area contributed by atoms with Crippen LogP contribution in [0.5, 0.6) is 0 Å². The second-order valence-electron chi connectivity index (χ2n) is 5.60. The summed E-state index contributed by atoms with van der Waals surface area (Å²) in [6, 6.07) is 4.34. The van der Waals surface area contributed by atoms with E-state index in [0.29, 0.717) is 0 Å². The van der Waals surface area contributed by atoms with E-state index < -0.39 is 11.6 Å². The number of rotatable bonds is 5. The van der Waals surface area contributed by atoms with Gasteiger partial charge in [-0.15, -0.1) is 0 Å². The number of nitrogens with one attached hydrogen (secondary N) is 1. The molecule has 1 unspecified atom stereocenters. The van der Waals surface area contributed by atoms with Crippen molar-refractivity contribution in [1.29, 1.82) is 0 Å². The molecule has 0 aromatic heterocycles. The van der Waals surface area contributed by atoms with Crippen LogP contribution in [0, 0.1) is 17.6 Å². The maximum Gasteiger partial charge on any atom is 0.159 e. The van der Waals surface area contributed by atoms with Crippen LogP contribution in [0.1, 0.15) is 56.6 Å². The van der Waals surface area contributed by atoms with Gasteiger partial charge >= 0.3 is 0 Å². The highest BCUT2D eigenvalue weighted by molar-refractivity contribution is 5.21. The lowest BCUT2D eigenvalue weighted by Crippen LogP contribution is -2.18. The van der Waals surface area contributed by atoms with Crippen molar-refractivity contribution in [3.8, 4) is 0 Å². The summed E-state index contributed by atoms with van der Waals surface area (Å²) in [6.07, 6.45) is 8.88. The molecular weight excluding hydrogens is 244 g/mol. The maximum absolute atomic E-state index is 13.3. The fourth-order valence-corrected chi connectivity index (χ4v) is 3.08. The van der Waals surface area contributed by atoms with Crippen LogP contribution < -0.4 is 5.32 Å². The van der Waals surface area contributed by atoms with E-state index >= 15 is 0 Å². The molecule has 1 aromatic carbocycles. The third-order valence-electron chi connectivity index (χ3n) is 4.28. The molecule has 1 N–H and O–H groups in total. The van der Waals surface area contributed by atoms with Gasteiger partial charge < -0.3 is 5.32 Å². The van der Waals surface area contributed by atoms with E-state index in [4.69, 9.17) is 0 Å². The Labute approximate surface area is 114 Å². The van der Waals surface area contributed by atoms with Crippen LogP contribution in [-0.4, -0.2) is 7.05 Å². The molecule has 0 heterocycles. The third kappa shape index (κ3) is 4.00. The number of halogens is 2. The van der Waals surface area contributed by atoms with Crippen molar-refractivity contribution in [2.45, 2.75) is 51.0 Å². The first-order valence-corrected chi connectivity index (χ1v) is 7.33. The molecule has 1 saturated carbocycles. The lowest BCUT2D eigenvalue weighted by molar-refractivity contribution is 0.317. The van der Waals surface area contributed by atoms with Crippen molar-refractivity contribution < 1.29 is 8.78 Å². The molecule has 0 radical (unpaired) electrons. The topological polar surface area (TPSA) is 12.0 Å². The molecular formula is C16H23F2N. The van der Waals surface area contributed by atoms with Crippen molar-refractivity contribution in [1.82, 2.24) is 5.32 Å². The van der Waals surface area contributed by atoms with Gasteiger partial charge in [0.1, 0.15) is 0 Å². The van der Waals surface area contributed by atoms with Gasteiger partial charge in [0.15, 0.2) is 11.6 Å². The Bertz CT molecular complexity index is 400. The summed E-state index contributed by atoms with van der Waals surface area (Å²) in [7, 11) is 1.88. The first-order chi connectivity index (χ1) is 9.20. The molecule has 3 heteroatoms. The SMILES string of the molecule is CNC(CCC1CCCCC1)c1ccc(F)c(F)c1. The molecule has 1 fully saturated rings. The van der Waals surface area contributed by atoms with Gasteiger partial charge in [0, 0.05) is 6.04 Å². The van der Waals surface area contributed by atoms with Crippen molar-refractivity contribution in [2.75, 3.05) is 7.05 Å². The highest BCUT2D eigenvalue weighted by atomic mass is 19.2. The van der Waals surface area contributed by atoms with E-state index in [1.165, 1.54) is 50.7 Å². The fourth-order valence-electron chi connectivity index (χ4n) is 3.08. The maximum atomic E-state index is 13.3. The van der Waals surface area contributed by atoms with Crippen LogP contribution in [0.4, 0.5) is 8.78 Å². The summed E-state index contributed by atoms with van der Waals surface area (Å²) in [5.74, 6) is -0.712. The Morgan fingerprint density at radius 2 is 1.89 bits per heavy atom. The lowest BCUT2D eigenvalue weighted by Gasteiger charge is -2.24. The summed E-state index contributed by atoms with van der Waals surface area (Å²) < 4.78 is 26.2. The molecule has 1 aliphatic rings. The Hall–Kier alpha value is -0.960. The monoisotopic (exact) mass is 267 g/mol. The molecule has 1 aliphatic carbocycles. The van der Waals surface area contributed by atoms with Crippen molar-refractivity contribution in [2.24, 2.45) is 5.92 Å². The summed E-state index contributed by atoms with van der Waals surface area (Å²) >= 11 is 0. The van der Waals surface area contributed by atoms with Gasteiger partial charge in [0.25, 0.3) is 0 Å². The van der Waals surface area contributed by atoms with E-state index in [1.54, 1.807) is 6.07 Å². The molecule has 19 heavy (non-hydrogen) atoms.